The molecule has 0 aliphatic carbocycles. The largest absolute Gasteiger partial charge is 0.347 e. The smallest absolute Gasteiger partial charge is 0.167 e. The Kier molecular flexibility index (Phi) is 1.51. The molecule has 8 heavy (non-hydrogen) atoms. The van der Waals surface area contributed by atoms with Gasteiger partial charge in [0.2, 0.25) is 0 Å². The van der Waals surface area contributed by atoms with Crippen LogP contribution < -0.4 is 0 Å². The van der Waals surface area contributed by atoms with Gasteiger partial charge in [-0.2, -0.15) is 0 Å². The molecule has 0 saturated carbocycles. The van der Waals surface area contributed by atoms with Gasteiger partial charge in [-0.15, -0.1) is 0 Å². The third-order valence-corrected chi connectivity index (χ3v) is 1.13. The summed E-state index contributed by atoms with van der Waals surface area (Å²) in [6.07, 6.45) is 2.86. The highest BCUT2D eigenvalue weighted by Crippen LogP contribution is 2.05. The zero-order valence-corrected chi connectivity index (χ0v) is 5.26. The third kappa shape index (κ3) is 0.997. The molecular weight excluding hydrogens is 100 g/mol. The van der Waals surface area contributed by atoms with Crippen LogP contribution in [0.2, 0.25) is 0 Å². The first-order chi connectivity index (χ1) is 3.83. The van der Waals surface area contributed by atoms with Crippen molar-refractivity contribution in [1.82, 2.24) is 4.90 Å². The van der Waals surface area contributed by atoms with Crippen molar-refractivity contribution >= 4 is 6.34 Å². The van der Waals surface area contributed by atoms with Crippen molar-refractivity contribution in [3.63, 3.8) is 0 Å². The molecule has 0 N–H and O–H groups in total. The highest BCUT2D eigenvalue weighted by Gasteiger charge is 2.10. The average Bonchev–Trinajstić information content (AvgIpc) is 2.14. The van der Waals surface area contributed by atoms with Crippen LogP contribution in [-0.4, -0.2) is 23.8 Å². The maximum atomic E-state index is 4.01. The first-order valence-electron chi connectivity index (χ1n) is 2.90. The van der Waals surface area contributed by atoms with Crippen molar-refractivity contribution in [2.24, 2.45) is 4.99 Å². The summed E-state index contributed by atoms with van der Waals surface area (Å²) in [5.41, 5.74) is 0. The summed E-state index contributed by atoms with van der Waals surface area (Å²) in [4.78, 5) is 5.97. The van der Waals surface area contributed by atoms with E-state index in [0.717, 1.165) is 6.54 Å². The Labute approximate surface area is 50.2 Å². The van der Waals surface area contributed by atoms with Gasteiger partial charge in [0.1, 0.15) is 0 Å². The Morgan fingerprint density at radius 2 is 2.62 bits per heavy atom. The van der Waals surface area contributed by atoms with Crippen molar-refractivity contribution in [1.29, 1.82) is 0 Å². The monoisotopic (exact) mass is 110 g/mol. The first kappa shape index (κ1) is 5.60. The Morgan fingerprint density at radius 3 is 2.88 bits per heavy atom. The maximum Gasteiger partial charge on any atom is 0.167 e. The van der Waals surface area contributed by atoms with Crippen LogP contribution in [-0.2, 0) is 0 Å². The van der Waals surface area contributed by atoms with E-state index in [0.29, 0.717) is 6.04 Å². The minimum atomic E-state index is 0.343. The van der Waals surface area contributed by atoms with Crippen LogP contribution in [0, 0.1) is 6.54 Å². The van der Waals surface area contributed by atoms with Crippen LogP contribution in [0.15, 0.2) is 4.99 Å². The Balaban J connectivity index is 2.34. The molecule has 0 aromatic carbocycles. The fourth-order valence-corrected chi connectivity index (χ4v) is 0.668. The molecular formula is C6H10N2. The van der Waals surface area contributed by atoms with Crippen molar-refractivity contribution in [2.75, 3.05) is 6.54 Å². The van der Waals surface area contributed by atoms with Crippen LogP contribution in [0.4, 0.5) is 0 Å². The molecule has 1 heterocycles. The lowest BCUT2D eigenvalue weighted by Gasteiger charge is -2.07. The van der Waals surface area contributed by atoms with Crippen LogP contribution >= 0.6 is 0 Å². The standard InChI is InChI=1S/C6H10N2/c1-3-8-4-6(2)7-5-8/h4,6H,3H2,1-2H3. The summed E-state index contributed by atoms with van der Waals surface area (Å²) in [7, 11) is 0. The number of rotatable bonds is 1. The SMILES string of the molecule is CCN1[C]=NC(C)[CH]1. The van der Waals surface area contributed by atoms with Crippen molar-refractivity contribution in [3.8, 4) is 0 Å². The summed E-state index contributed by atoms with van der Waals surface area (Å²) in [5.74, 6) is 0. The number of aliphatic imine (C=N–C) groups is 1. The van der Waals surface area contributed by atoms with Gasteiger partial charge < -0.3 is 4.90 Å². The summed E-state index contributed by atoms with van der Waals surface area (Å²) >= 11 is 0. The van der Waals surface area contributed by atoms with E-state index < -0.39 is 0 Å². The summed E-state index contributed by atoms with van der Waals surface area (Å²) < 4.78 is 0. The summed E-state index contributed by atoms with van der Waals surface area (Å²) in [5, 5.41) is 0. The predicted molar refractivity (Wildman–Crippen MR) is 33.6 cm³/mol. The van der Waals surface area contributed by atoms with Gasteiger partial charge in [-0.3, -0.25) is 4.99 Å². The molecule has 1 aliphatic heterocycles. The van der Waals surface area contributed by atoms with Gasteiger partial charge in [0.05, 0.1) is 12.6 Å². The molecule has 0 fully saturated rings. The molecule has 1 aliphatic rings. The molecule has 0 bridgehead atoms. The van der Waals surface area contributed by atoms with Gasteiger partial charge in [0, 0.05) is 6.54 Å². The molecule has 0 aromatic heterocycles. The van der Waals surface area contributed by atoms with Crippen molar-refractivity contribution in [2.45, 2.75) is 19.9 Å². The lowest BCUT2D eigenvalue weighted by atomic mass is 10.4. The maximum absolute atomic E-state index is 4.01. The molecule has 2 heteroatoms. The lowest BCUT2D eigenvalue weighted by molar-refractivity contribution is 0.540. The van der Waals surface area contributed by atoms with Gasteiger partial charge in [-0.05, 0) is 13.8 Å². The molecule has 1 rings (SSSR count). The van der Waals surface area contributed by atoms with E-state index in [1.165, 1.54) is 0 Å². The molecule has 0 saturated heterocycles. The minimum absolute atomic E-state index is 0.343. The highest BCUT2D eigenvalue weighted by atomic mass is 15.2. The number of hydrogen-bond acceptors (Lipinski definition) is 2. The van der Waals surface area contributed by atoms with E-state index in [1.807, 2.05) is 11.8 Å². The Hall–Kier alpha value is -0.530. The first-order valence-corrected chi connectivity index (χ1v) is 2.90. The van der Waals surface area contributed by atoms with Crippen LogP contribution in [0.3, 0.4) is 0 Å². The van der Waals surface area contributed by atoms with Gasteiger partial charge in [0.25, 0.3) is 0 Å². The van der Waals surface area contributed by atoms with Gasteiger partial charge in [-0.1, -0.05) is 0 Å². The Morgan fingerprint density at radius 1 is 1.88 bits per heavy atom. The Bertz CT molecular complexity index is 98.7. The highest BCUT2D eigenvalue weighted by molar-refractivity contribution is 5.59. The van der Waals surface area contributed by atoms with Crippen LogP contribution in [0.25, 0.3) is 0 Å². The van der Waals surface area contributed by atoms with Gasteiger partial charge in [-0.25, -0.2) is 0 Å². The van der Waals surface area contributed by atoms with Crippen LogP contribution in [0.5, 0.6) is 0 Å². The molecule has 0 spiro atoms. The average molecular weight is 110 g/mol. The number of likely N-dealkylation sites (N-methyl/N-ethyl adjacent to an activating group) is 1. The van der Waals surface area contributed by atoms with E-state index in [2.05, 4.69) is 24.8 Å². The summed E-state index contributed by atoms with van der Waals surface area (Å²) in [6.45, 7) is 7.16. The van der Waals surface area contributed by atoms with E-state index >= 15 is 0 Å². The molecule has 1 unspecified atom stereocenters. The second kappa shape index (κ2) is 2.16. The van der Waals surface area contributed by atoms with Gasteiger partial charge >= 0.3 is 0 Å². The lowest BCUT2D eigenvalue weighted by Crippen LogP contribution is -2.15. The predicted octanol–water partition coefficient (Wildman–Crippen LogP) is 0.777. The van der Waals surface area contributed by atoms with E-state index in [4.69, 9.17) is 0 Å². The molecule has 0 amide bonds. The topological polar surface area (TPSA) is 15.6 Å². The van der Waals surface area contributed by atoms with E-state index in [1.54, 1.807) is 0 Å². The minimum Gasteiger partial charge on any atom is -0.347 e. The number of nitrogens with zero attached hydrogens (tertiary/aromatic N) is 2. The van der Waals surface area contributed by atoms with Crippen molar-refractivity contribution < 1.29 is 0 Å². The normalized spacial score (nSPS) is 27.2. The quantitative estimate of drug-likeness (QED) is 0.487. The second-order valence-corrected chi connectivity index (χ2v) is 1.90. The van der Waals surface area contributed by atoms with Gasteiger partial charge in [0.15, 0.2) is 6.34 Å². The third-order valence-electron chi connectivity index (χ3n) is 1.13. The zero-order chi connectivity index (χ0) is 5.98. The molecule has 44 valence electrons. The molecule has 2 radical (unpaired) electrons. The zero-order valence-electron chi connectivity index (χ0n) is 5.26. The summed E-state index contributed by atoms with van der Waals surface area (Å²) in [6, 6.07) is 0.343. The second-order valence-electron chi connectivity index (χ2n) is 1.90. The molecule has 1 atom stereocenters. The molecule has 0 aromatic rings. The fourth-order valence-electron chi connectivity index (χ4n) is 0.668. The van der Waals surface area contributed by atoms with Crippen LogP contribution in [0.1, 0.15) is 13.8 Å². The van der Waals surface area contributed by atoms with E-state index in [-0.39, 0.29) is 0 Å². The fraction of sp³-hybridized carbons (Fsp3) is 0.667. The molecule has 2 nitrogen and oxygen atoms in total. The number of hydrogen-bond donors (Lipinski definition) is 0. The van der Waals surface area contributed by atoms with Crippen molar-refractivity contribution in [3.05, 3.63) is 6.54 Å². The van der Waals surface area contributed by atoms with E-state index in [9.17, 15) is 0 Å².